The molecule has 1 aliphatic carbocycles. The summed E-state index contributed by atoms with van der Waals surface area (Å²) < 4.78 is 0. The van der Waals surface area contributed by atoms with Gasteiger partial charge in [0, 0.05) is 0 Å². The molecule has 0 aliphatic heterocycles. The molecule has 1 aliphatic rings. The van der Waals surface area contributed by atoms with Crippen LogP contribution in [-0.4, -0.2) is 5.91 Å². The van der Waals surface area contributed by atoms with Gasteiger partial charge in [0.15, 0.2) is 0 Å². The molecule has 1 aromatic carbocycles. The van der Waals surface area contributed by atoms with Crippen molar-refractivity contribution in [2.75, 3.05) is 0 Å². The van der Waals surface area contributed by atoms with Crippen LogP contribution in [0, 0.1) is 0 Å². The lowest BCUT2D eigenvalue weighted by Crippen LogP contribution is -2.38. The minimum Gasteiger partial charge on any atom is -0.369 e. The Bertz CT molecular complexity index is 331. The fourth-order valence-corrected chi connectivity index (χ4v) is 2.41. The highest BCUT2D eigenvalue weighted by molar-refractivity contribution is 5.87. The van der Waals surface area contributed by atoms with Crippen LogP contribution in [0.25, 0.3) is 0 Å². The van der Waals surface area contributed by atoms with E-state index >= 15 is 0 Å². The predicted molar refractivity (Wildman–Crippen MR) is 63.0 cm³/mol. The fourth-order valence-electron chi connectivity index (χ4n) is 2.41. The molecule has 1 aromatic rings. The summed E-state index contributed by atoms with van der Waals surface area (Å²) in [5, 5.41) is 0. The normalized spacial score (nSPS) is 18.1. The van der Waals surface area contributed by atoms with Crippen molar-refractivity contribution < 1.29 is 4.79 Å². The minimum absolute atomic E-state index is 0. The molecule has 3 heteroatoms. The van der Waals surface area contributed by atoms with Crippen molar-refractivity contribution >= 4 is 18.3 Å². The molecule has 2 N–H and O–H groups in total. The molecule has 0 bridgehead atoms. The summed E-state index contributed by atoms with van der Waals surface area (Å²) in [5.74, 6) is -0.166. The van der Waals surface area contributed by atoms with Crippen LogP contribution in [-0.2, 0) is 10.2 Å². The maximum Gasteiger partial charge on any atom is 0.228 e. The van der Waals surface area contributed by atoms with Gasteiger partial charge in [0.1, 0.15) is 0 Å². The highest BCUT2D eigenvalue weighted by Gasteiger charge is 2.40. The molecule has 0 radical (unpaired) electrons. The van der Waals surface area contributed by atoms with E-state index in [9.17, 15) is 4.79 Å². The number of benzene rings is 1. The van der Waals surface area contributed by atoms with Crippen LogP contribution in [0.5, 0.6) is 0 Å². The van der Waals surface area contributed by atoms with E-state index in [1.807, 2.05) is 30.3 Å². The number of hydrogen-bond donors (Lipinski definition) is 1. The number of halogens is 1. The van der Waals surface area contributed by atoms with Crippen molar-refractivity contribution in [3.8, 4) is 0 Å². The molecule has 0 saturated heterocycles. The molecule has 82 valence electrons. The zero-order valence-corrected chi connectivity index (χ0v) is 9.43. The quantitative estimate of drug-likeness (QED) is 0.825. The summed E-state index contributed by atoms with van der Waals surface area (Å²) in [6.45, 7) is 0. The third-order valence-electron chi connectivity index (χ3n) is 3.26. The zero-order valence-electron chi connectivity index (χ0n) is 8.61. The number of nitrogens with two attached hydrogens (primary N) is 1. The molecule has 0 heterocycles. The highest BCUT2D eigenvalue weighted by Crippen LogP contribution is 2.40. The lowest BCUT2D eigenvalue weighted by atomic mass is 9.78. The van der Waals surface area contributed by atoms with E-state index in [0.717, 1.165) is 31.2 Å². The van der Waals surface area contributed by atoms with Crippen LogP contribution in [0.15, 0.2) is 30.3 Å². The molecule has 0 atom stereocenters. The van der Waals surface area contributed by atoms with E-state index in [2.05, 4.69) is 0 Å². The van der Waals surface area contributed by atoms with Crippen molar-refractivity contribution in [3.05, 3.63) is 35.9 Å². The molecule has 0 aromatic heterocycles. The van der Waals surface area contributed by atoms with Gasteiger partial charge in [-0.3, -0.25) is 4.79 Å². The largest absolute Gasteiger partial charge is 0.369 e. The van der Waals surface area contributed by atoms with Crippen LogP contribution in [0.1, 0.15) is 31.2 Å². The molecular weight excluding hydrogens is 210 g/mol. The average Bonchev–Trinajstić information content (AvgIpc) is 2.69. The molecular formula is C12H16ClNO. The summed E-state index contributed by atoms with van der Waals surface area (Å²) in [5.41, 5.74) is 6.24. The lowest BCUT2D eigenvalue weighted by molar-refractivity contribution is -0.123. The summed E-state index contributed by atoms with van der Waals surface area (Å²) in [6.07, 6.45) is 4.04. The fraction of sp³-hybridized carbons (Fsp3) is 0.417. The van der Waals surface area contributed by atoms with Crippen molar-refractivity contribution in [1.82, 2.24) is 0 Å². The van der Waals surface area contributed by atoms with Gasteiger partial charge in [-0.1, -0.05) is 43.2 Å². The van der Waals surface area contributed by atoms with E-state index < -0.39 is 0 Å². The van der Waals surface area contributed by atoms with E-state index in [4.69, 9.17) is 5.73 Å². The van der Waals surface area contributed by atoms with Crippen LogP contribution in [0.2, 0.25) is 0 Å². The lowest BCUT2D eigenvalue weighted by Gasteiger charge is -2.25. The maximum atomic E-state index is 11.5. The zero-order chi connectivity index (χ0) is 10.0. The monoisotopic (exact) mass is 225 g/mol. The van der Waals surface area contributed by atoms with Gasteiger partial charge in [-0.15, -0.1) is 12.4 Å². The van der Waals surface area contributed by atoms with Gasteiger partial charge >= 0.3 is 0 Å². The van der Waals surface area contributed by atoms with Gasteiger partial charge in [0.25, 0.3) is 0 Å². The Hall–Kier alpha value is -1.02. The first kappa shape index (κ1) is 12.1. The van der Waals surface area contributed by atoms with Gasteiger partial charge in [-0.2, -0.15) is 0 Å². The Kier molecular flexibility index (Phi) is 3.75. The van der Waals surface area contributed by atoms with Crippen molar-refractivity contribution in [2.24, 2.45) is 5.73 Å². The van der Waals surface area contributed by atoms with Crippen LogP contribution in [0.4, 0.5) is 0 Å². The number of primary amides is 1. The molecule has 15 heavy (non-hydrogen) atoms. The summed E-state index contributed by atoms with van der Waals surface area (Å²) in [4.78, 5) is 11.5. The first-order valence-electron chi connectivity index (χ1n) is 5.11. The van der Waals surface area contributed by atoms with Crippen LogP contribution >= 0.6 is 12.4 Å². The van der Waals surface area contributed by atoms with Gasteiger partial charge in [0.2, 0.25) is 5.91 Å². The maximum absolute atomic E-state index is 11.5. The topological polar surface area (TPSA) is 43.1 Å². The number of carbonyl (C=O) groups is 1. The average molecular weight is 226 g/mol. The Morgan fingerprint density at radius 2 is 1.67 bits per heavy atom. The predicted octanol–water partition coefficient (Wildman–Crippen LogP) is 2.41. The second-order valence-corrected chi connectivity index (χ2v) is 4.02. The van der Waals surface area contributed by atoms with Gasteiger partial charge < -0.3 is 5.73 Å². The smallest absolute Gasteiger partial charge is 0.228 e. The van der Waals surface area contributed by atoms with Crippen LogP contribution < -0.4 is 5.73 Å². The van der Waals surface area contributed by atoms with Gasteiger partial charge in [-0.25, -0.2) is 0 Å². The third-order valence-corrected chi connectivity index (χ3v) is 3.26. The number of hydrogen-bond acceptors (Lipinski definition) is 1. The molecule has 1 amide bonds. The molecule has 0 spiro atoms. The second kappa shape index (κ2) is 4.67. The Labute approximate surface area is 96.3 Å². The van der Waals surface area contributed by atoms with E-state index in [1.54, 1.807) is 0 Å². The van der Waals surface area contributed by atoms with Crippen molar-refractivity contribution in [2.45, 2.75) is 31.1 Å². The number of rotatable bonds is 2. The number of amides is 1. The molecule has 1 fully saturated rings. The molecule has 1 saturated carbocycles. The second-order valence-electron chi connectivity index (χ2n) is 4.02. The van der Waals surface area contributed by atoms with E-state index in [0.29, 0.717) is 0 Å². The Morgan fingerprint density at radius 3 is 2.13 bits per heavy atom. The molecule has 2 nitrogen and oxygen atoms in total. The number of carbonyl (C=O) groups excluding carboxylic acids is 1. The first-order valence-corrected chi connectivity index (χ1v) is 5.11. The molecule has 0 unspecified atom stereocenters. The third kappa shape index (κ3) is 2.00. The highest BCUT2D eigenvalue weighted by atomic mass is 35.5. The van der Waals surface area contributed by atoms with Gasteiger partial charge in [0.05, 0.1) is 5.41 Å². The van der Waals surface area contributed by atoms with Crippen molar-refractivity contribution in [3.63, 3.8) is 0 Å². The van der Waals surface area contributed by atoms with Crippen LogP contribution in [0.3, 0.4) is 0 Å². The first-order chi connectivity index (χ1) is 6.76. The summed E-state index contributed by atoms with van der Waals surface area (Å²) in [6, 6.07) is 9.93. The Balaban J connectivity index is 0.00000112. The summed E-state index contributed by atoms with van der Waals surface area (Å²) in [7, 11) is 0. The minimum atomic E-state index is -0.374. The van der Waals surface area contributed by atoms with Gasteiger partial charge in [-0.05, 0) is 18.4 Å². The SMILES string of the molecule is Cl.NC(=O)C1(c2ccccc2)CCCC1. The van der Waals surface area contributed by atoms with E-state index in [-0.39, 0.29) is 23.7 Å². The van der Waals surface area contributed by atoms with Crippen molar-refractivity contribution in [1.29, 1.82) is 0 Å². The molecule has 2 rings (SSSR count). The van der Waals surface area contributed by atoms with E-state index in [1.165, 1.54) is 0 Å². The Morgan fingerprint density at radius 1 is 1.13 bits per heavy atom. The standard InChI is InChI=1S/C12H15NO.ClH/c13-11(14)12(8-4-5-9-12)10-6-2-1-3-7-10;/h1-3,6-7H,4-5,8-9H2,(H2,13,14);1H. The summed E-state index contributed by atoms with van der Waals surface area (Å²) >= 11 is 0.